The van der Waals surface area contributed by atoms with Gasteiger partial charge in [-0.25, -0.2) is 4.98 Å². The second-order valence-electron chi connectivity index (χ2n) is 5.97. The minimum absolute atomic E-state index is 0.00436. The summed E-state index contributed by atoms with van der Waals surface area (Å²) in [6, 6.07) is 3.03. The molecule has 0 spiro atoms. The molecule has 3 N–H and O–H groups in total. The summed E-state index contributed by atoms with van der Waals surface area (Å²) < 4.78 is 5.16. The summed E-state index contributed by atoms with van der Waals surface area (Å²) in [6.07, 6.45) is 8.35. The van der Waals surface area contributed by atoms with Gasteiger partial charge in [0, 0.05) is 17.2 Å². The quantitative estimate of drug-likeness (QED) is 0.455. The molecular weight excluding hydrogens is 354 g/mol. The lowest BCUT2D eigenvalue weighted by Gasteiger charge is -2.13. The number of nitrogens with one attached hydrogen (secondary N) is 1. The van der Waals surface area contributed by atoms with Gasteiger partial charge in [-0.05, 0) is 38.5 Å². The first-order chi connectivity index (χ1) is 12.3. The van der Waals surface area contributed by atoms with Crippen LogP contribution in [0.25, 0.3) is 6.08 Å². The number of hydrogen-bond acceptors (Lipinski definition) is 4. The van der Waals surface area contributed by atoms with E-state index in [1.807, 2.05) is 19.9 Å². The first-order valence-corrected chi connectivity index (χ1v) is 8.35. The fraction of sp³-hybridized carbons (Fsp3) is 0.200. The van der Waals surface area contributed by atoms with Crippen molar-refractivity contribution in [3.05, 3.63) is 64.0 Å². The number of aromatic nitrogens is 1. The molecule has 1 heterocycles. The topological polar surface area (TPSA) is 80.9 Å². The number of pyridine rings is 1. The SMILES string of the molecule is COc1cc(O)c(CC=C(C)C)c(O)c1C(=O)/C=C/c1c[nH+]cc(Cl)c1. The van der Waals surface area contributed by atoms with E-state index in [1.54, 1.807) is 24.5 Å². The Bertz CT molecular complexity index is 884. The summed E-state index contributed by atoms with van der Waals surface area (Å²) in [6.45, 7) is 3.82. The Labute approximate surface area is 157 Å². The maximum atomic E-state index is 12.6. The van der Waals surface area contributed by atoms with E-state index in [9.17, 15) is 15.0 Å². The van der Waals surface area contributed by atoms with Crippen molar-refractivity contribution in [2.24, 2.45) is 0 Å². The van der Waals surface area contributed by atoms with Crippen LogP contribution < -0.4 is 9.72 Å². The van der Waals surface area contributed by atoms with Crippen molar-refractivity contribution in [3.8, 4) is 17.2 Å². The Morgan fingerprint density at radius 2 is 2.00 bits per heavy atom. The van der Waals surface area contributed by atoms with E-state index in [2.05, 4.69) is 4.98 Å². The molecule has 2 rings (SSSR count). The molecule has 0 unspecified atom stereocenters. The summed E-state index contributed by atoms with van der Waals surface area (Å²) in [4.78, 5) is 15.5. The number of carbonyl (C=O) groups is 1. The number of ketones is 1. The Morgan fingerprint density at radius 3 is 2.62 bits per heavy atom. The van der Waals surface area contributed by atoms with Crippen molar-refractivity contribution < 1.29 is 24.7 Å². The highest BCUT2D eigenvalue weighted by Crippen LogP contribution is 2.39. The van der Waals surface area contributed by atoms with Crippen LogP contribution in [0.1, 0.15) is 35.3 Å². The molecule has 0 radical (unpaired) electrons. The third-order valence-electron chi connectivity index (χ3n) is 3.73. The van der Waals surface area contributed by atoms with E-state index >= 15 is 0 Å². The van der Waals surface area contributed by atoms with Crippen LogP contribution in [-0.2, 0) is 6.42 Å². The standard InChI is InChI=1S/C20H20ClNO4/c1-12(2)4-6-15-17(24)9-18(26-3)19(20(15)25)16(23)7-5-13-8-14(21)11-22-10-13/h4-5,7-11,24-25H,6H2,1-3H3/p+1/b7-5+. The molecular formula is C20H21ClNO4+. The first kappa shape index (κ1) is 19.5. The van der Waals surface area contributed by atoms with Gasteiger partial charge in [0.25, 0.3) is 0 Å². The number of ether oxygens (including phenoxy) is 1. The van der Waals surface area contributed by atoms with Crippen molar-refractivity contribution in [2.75, 3.05) is 7.11 Å². The zero-order valence-corrected chi connectivity index (χ0v) is 15.6. The van der Waals surface area contributed by atoms with E-state index in [4.69, 9.17) is 16.3 Å². The minimum atomic E-state index is -0.447. The van der Waals surface area contributed by atoms with Gasteiger partial charge in [-0.3, -0.25) is 4.79 Å². The number of aromatic hydroxyl groups is 2. The fourth-order valence-corrected chi connectivity index (χ4v) is 2.58. The number of carbonyl (C=O) groups excluding carboxylic acids is 1. The van der Waals surface area contributed by atoms with Crippen LogP contribution in [0.3, 0.4) is 0 Å². The smallest absolute Gasteiger partial charge is 0.193 e. The molecule has 0 fully saturated rings. The van der Waals surface area contributed by atoms with Crippen LogP contribution >= 0.6 is 11.6 Å². The number of benzene rings is 1. The lowest BCUT2D eigenvalue weighted by molar-refractivity contribution is -0.378. The summed E-state index contributed by atoms with van der Waals surface area (Å²) >= 11 is 5.91. The average molecular weight is 375 g/mol. The molecule has 6 heteroatoms. The third kappa shape index (κ3) is 4.64. The number of phenolic OH excluding ortho intramolecular Hbond substituents is 2. The molecule has 136 valence electrons. The second kappa shape index (κ2) is 8.54. The number of halogens is 1. The second-order valence-corrected chi connectivity index (χ2v) is 6.40. The zero-order valence-electron chi connectivity index (χ0n) is 14.8. The van der Waals surface area contributed by atoms with Crippen LogP contribution in [0.2, 0.25) is 5.02 Å². The van der Waals surface area contributed by atoms with Crippen LogP contribution in [0.4, 0.5) is 0 Å². The molecule has 5 nitrogen and oxygen atoms in total. The van der Waals surface area contributed by atoms with Crippen LogP contribution in [0.15, 0.2) is 42.3 Å². The number of aromatic amines is 1. The molecule has 0 amide bonds. The number of allylic oxidation sites excluding steroid dienone is 3. The van der Waals surface area contributed by atoms with Gasteiger partial charge in [0.05, 0.1) is 7.11 Å². The van der Waals surface area contributed by atoms with Gasteiger partial charge >= 0.3 is 0 Å². The van der Waals surface area contributed by atoms with Gasteiger partial charge in [-0.1, -0.05) is 23.3 Å². The number of rotatable bonds is 6. The van der Waals surface area contributed by atoms with Crippen molar-refractivity contribution >= 4 is 23.5 Å². The molecule has 0 saturated carbocycles. The fourth-order valence-electron chi connectivity index (χ4n) is 2.39. The van der Waals surface area contributed by atoms with Gasteiger partial charge in [-0.2, -0.15) is 0 Å². The van der Waals surface area contributed by atoms with Crippen LogP contribution in [0.5, 0.6) is 17.2 Å². The lowest BCUT2D eigenvalue weighted by Crippen LogP contribution is -2.03. The van der Waals surface area contributed by atoms with Crippen molar-refractivity contribution in [2.45, 2.75) is 20.3 Å². The highest BCUT2D eigenvalue weighted by Gasteiger charge is 2.21. The molecule has 2 aromatic rings. The largest absolute Gasteiger partial charge is 0.507 e. The average Bonchev–Trinajstić information content (AvgIpc) is 2.58. The lowest BCUT2D eigenvalue weighted by atomic mass is 9.99. The van der Waals surface area contributed by atoms with Gasteiger partial charge in [0.1, 0.15) is 27.8 Å². The Hall–Kier alpha value is -2.79. The number of methoxy groups -OCH3 is 1. The van der Waals surface area contributed by atoms with Crippen molar-refractivity contribution in [1.29, 1.82) is 0 Å². The molecule has 0 aliphatic rings. The highest BCUT2D eigenvalue weighted by molar-refractivity contribution is 6.30. The molecule has 0 bridgehead atoms. The van der Waals surface area contributed by atoms with Gasteiger partial charge in [-0.15, -0.1) is 0 Å². The third-order valence-corrected chi connectivity index (χ3v) is 3.95. The zero-order chi connectivity index (χ0) is 19.3. The monoisotopic (exact) mass is 374 g/mol. The normalized spacial score (nSPS) is 10.8. The Morgan fingerprint density at radius 1 is 1.27 bits per heavy atom. The molecule has 1 aromatic heterocycles. The molecule has 26 heavy (non-hydrogen) atoms. The van der Waals surface area contributed by atoms with Crippen LogP contribution in [0, 0.1) is 0 Å². The van der Waals surface area contributed by atoms with Crippen LogP contribution in [-0.4, -0.2) is 23.1 Å². The van der Waals surface area contributed by atoms with Crippen molar-refractivity contribution in [3.63, 3.8) is 0 Å². The number of hydrogen-bond donors (Lipinski definition) is 2. The van der Waals surface area contributed by atoms with E-state index in [0.717, 1.165) is 5.57 Å². The molecule has 0 saturated heterocycles. The first-order valence-electron chi connectivity index (χ1n) is 7.97. The summed E-state index contributed by atoms with van der Waals surface area (Å²) in [5.41, 5.74) is 2.02. The van der Waals surface area contributed by atoms with Gasteiger partial charge in [0.15, 0.2) is 18.2 Å². The summed E-state index contributed by atoms with van der Waals surface area (Å²) in [5.74, 6) is -0.750. The summed E-state index contributed by atoms with van der Waals surface area (Å²) in [5, 5.41) is 21.2. The highest BCUT2D eigenvalue weighted by atomic mass is 35.5. The minimum Gasteiger partial charge on any atom is -0.507 e. The Kier molecular flexibility index (Phi) is 6.41. The van der Waals surface area contributed by atoms with E-state index < -0.39 is 5.78 Å². The van der Waals surface area contributed by atoms with Gasteiger partial charge in [0.2, 0.25) is 0 Å². The molecule has 1 aromatic carbocycles. The van der Waals surface area contributed by atoms with E-state index in [0.29, 0.717) is 17.0 Å². The molecule has 0 atom stereocenters. The number of phenols is 2. The van der Waals surface area contributed by atoms with Gasteiger partial charge < -0.3 is 14.9 Å². The predicted molar refractivity (Wildman–Crippen MR) is 101 cm³/mol. The predicted octanol–water partition coefficient (Wildman–Crippen LogP) is 3.98. The van der Waals surface area contributed by atoms with Crippen molar-refractivity contribution in [1.82, 2.24) is 0 Å². The number of H-pyrrole nitrogens is 1. The molecule has 0 aliphatic heterocycles. The maximum Gasteiger partial charge on any atom is 0.193 e. The maximum absolute atomic E-state index is 12.6. The van der Waals surface area contributed by atoms with E-state index in [1.165, 1.54) is 19.3 Å². The Balaban J connectivity index is 2.44. The summed E-state index contributed by atoms with van der Waals surface area (Å²) in [7, 11) is 1.37. The molecule has 0 aliphatic carbocycles. The van der Waals surface area contributed by atoms with E-state index in [-0.39, 0.29) is 28.4 Å².